The highest BCUT2D eigenvalue weighted by Crippen LogP contribution is 2.23. The van der Waals surface area contributed by atoms with Crippen molar-refractivity contribution >= 4 is 0 Å². The van der Waals surface area contributed by atoms with E-state index in [2.05, 4.69) is 9.97 Å². The van der Waals surface area contributed by atoms with Crippen molar-refractivity contribution in [1.29, 1.82) is 0 Å². The van der Waals surface area contributed by atoms with Gasteiger partial charge in [-0.25, -0.2) is 4.98 Å². The van der Waals surface area contributed by atoms with E-state index in [4.69, 9.17) is 0 Å². The van der Waals surface area contributed by atoms with Crippen LogP contribution in [0.1, 0.15) is 5.56 Å². The van der Waals surface area contributed by atoms with Crippen molar-refractivity contribution in [3.8, 4) is 17.0 Å². The zero-order valence-electron chi connectivity index (χ0n) is 7.28. The molecule has 0 aliphatic rings. The van der Waals surface area contributed by atoms with Gasteiger partial charge in [0.15, 0.2) is 0 Å². The third-order valence-corrected chi connectivity index (χ3v) is 2.02. The summed E-state index contributed by atoms with van der Waals surface area (Å²) < 4.78 is 0. The molecule has 66 valence electrons. The van der Waals surface area contributed by atoms with E-state index in [0.29, 0.717) is 5.75 Å². The van der Waals surface area contributed by atoms with Crippen molar-refractivity contribution in [2.24, 2.45) is 0 Å². The highest BCUT2D eigenvalue weighted by atomic mass is 16.3. The van der Waals surface area contributed by atoms with Gasteiger partial charge in [0.1, 0.15) is 5.75 Å². The molecule has 0 aliphatic heterocycles. The van der Waals surface area contributed by atoms with Gasteiger partial charge in [-0.3, -0.25) is 0 Å². The number of benzene rings is 1. The maximum Gasteiger partial charge on any atom is 0.119 e. The lowest BCUT2D eigenvalue weighted by atomic mass is 10.1. The fourth-order valence-corrected chi connectivity index (χ4v) is 1.19. The molecule has 3 heteroatoms. The van der Waals surface area contributed by atoms with Crippen LogP contribution in [0.5, 0.6) is 5.75 Å². The number of aryl methyl sites for hydroxylation is 1. The lowest BCUT2D eigenvalue weighted by Gasteiger charge is -2.01. The van der Waals surface area contributed by atoms with E-state index in [0.717, 1.165) is 16.8 Å². The predicted octanol–water partition coefficient (Wildman–Crippen LogP) is 2.09. The molecule has 1 aromatic heterocycles. The molecule has 3 nitrogen and oxygen atoms in total. The Labute approximate surface area is 76.1 Å². The maximum absolute atomic E-state index is 9.46. The Hall–Kier alpha value is -1.77. The van der Waals surface area contributed by atoms with E-state index in [-0.39, 0.29) is 0 Å². The summed E-state index contributed by atoms with van der Waals surface area (Å²) >= 11 is 0. The maximum atomic E-state index is 9.46. The number of H-pyrrole nitrogens is 1. The summed E-state index contributed by atoms with van der Waals surface area (Å²) in [6.07, 6.45) is 3.34. The van der Waals surface area contributed by atoms with Crippen LogP contribution < -0.4 is 0 Å². The average Bonchev–Trinajstić information content (AvgIpc) is 2.62. The smallest absolute Gasteiger partial charge is 0.119 e. The summed E-state index contributed by atoms with van der Waals surface area (Å²) in [6.45, 7) is 1.87. The number of hydrogen-bond acceptors (Lipinski definition) is 2. The molecule has 0 fully saturated rings. The van der Waals surface area contributed by atoms with Gasteiger partial charge in [0.05, 0.1) is 18.2 Å². The molecule has 0 bridgehead atoms. The molecule has 0 atom stereocenters. The number of imidazole rings is 1. The zero-order valence-corrected chi connectivity index (χ0v) is 7.28. The van der Waals surface area contributed by atoms with Crippen LogP contribution in [-0.2, 0) is 0 Å². The summed E-state index contributed by atoms with van der Waals surface area (Å²) in [5.74, 6) is 0.312. The second-order valence-corrected chi connectivity index (χ2v) is 2.97. The Balaban J connectivity index is 2.49. The standard InChI is InChI=1S/C10H10N2O/c1-7-2-3-8(4-10(7)13)9-5-11-6-12-9/h2-6,13H,1H3,(H,11,12). The molecule has 0 saturated heterocycles. The first-order chi connectivity index (χ1) is 6.27. The van der Waals surface area contributed by atoms with Crippen molar-refractivity contribution in [2.75, 3.05) is 0 Å². The van der Waals surface area contributed by atoms with E-state index < -0.39 is 0 Å². The second kappa shape index (κ2) is 2.94. The first kappa shape index (κ1) is 7.86. The number of nitrogens with one attached hydrogen (secondary N) is 1. The number of nitrogens with zero attached hydrogens (tertiary/aromatic N) is 1. The van der Waals surface area contributed by atoms with Crippen LogP contribution in [0.3, 0.4) is 0 Å². The minimum Gasteiger partial charge on any atom is -0.508 e. The Morgan fingerprint density at radius 3 is 2.85 bits per heavy atom. The molecule has 0 amide bonds. The van der Waals surface area contributed by atoms with Gasteiger partial charge in [-0.05, 0) is 18.6 Å². The average molecular weight is 174 g/mol. The van der Waals surface area contributed by atoms with E-state index >= 15 is 0 Å². The summed E-state index contributed by atoms with van der Waals surface area (Å²) in [4.78, 5) is 6.89. The molecule has 0 radical (unpaired) electrons. The van der Waals surface area contributed by atoms with E-state index in [1.54, 1.807) is 18.6 Å². The molecule has 1 heterocycles. The van der Waals surface area contributed by atoms with Gasteiger partial charge < -0.3 is 10.1 Å². The Kier molecular flexibility index (Phi) is 1.77. The van der Waals surface area contributed by atoms with Crippen LogP contribution in [0.4, 0.5) is 0 Å². The van der Waals surface area contributed by atoms with Crippen LogP contribution >= 0.6 is 0 Å². The Bertz CT molecular complexity index is 407. The SMILES string of the molecule is Cc1ccc(-c2cnc[nH]2)cc1O. The number of aromatic amines is 1. The molecule has 2 N–H and O–H groups in total. The predicted molar refractivity (Wildman–Crippen MR) is 50.4 cm³/mol. The molecule has 0 aliphatic carbocycles. The number of rotatable bonds is 1. The Morgan fingerprint density at radius 2 is 2.23 bits per heavy atom. The molecule has 2 rings (SSSR count). The van der Waals surface area contributed by atoms with E-state index in [1.807, 2.05) is 19.1 Å². The number of hydrogen-bond donors (Lipinski definition) is 2. The summed E-state index contributed by atoms with van der Waals surface area (Å²) in [7, 11) is 0. The molecule has 2 aromatic rings. The van der Waals surface area contributed by atoms with Crippen molar-refractivity contribution in [3.05, 3.63) is 36.3 Å². The van der Waals surface area contributed by atoms with E-state index in [1.165, 1.54) is 0 Å². The fraction of sp³-hybridized carbons (Fsp3) is 0.100. The van der Waals surface area contributed by atoms with Crippen LogP contribution in [0.2, 0.25) is 0 Å². The molecule has 0 unspecified atom stereocenters. The number of aromatic nitrogens is 2. The van der Waals surface area contributed by atoms with Crippen molar-refractivity contribution in [1.82, 2.24) is 9.97 Å². The van der Waals surface area contributed by atoms with E-state index in [9.17, 15) is 5.11 Å². The van der Waals surface area contributed by atoms with Gasteiger partial charge in [0.2, 0.25) is 0 Å². The van der Waals surface area contributed by atoms with Crippen molar-refractivity contribution < 1.29 is 5.11 Å². The number of phenolic OH excluding ortho intramolecular Hbond substituents is 1. The minimum atomic E-state index is 0.312. The number of aromatic hydroxyl groups is 1. The van der Waals surface area contributed by atoms with Gasteiger partial charge in [-0.1, -0.05) is 12.1 Å². The van der Waals surface area contributed by atoms with Crippen LogP contribution in [0.15, 0.2) is 30.7 Å². The summed E-state index contributed by atoms with van der Waals surface area (Å²) in [6, 6.07) is 5.55. The third-order valence-electron chi connectivity index (χ3n) is 2.02. The Morgan fingerprint density at radius 1 is 1.38 bits per heavy atom. The van der Waals surface area contributed by atoms with Gasteiger partial charge in [-0.15, -0.1) is 0 Å². The molecule has 0 saturated carbocycles. The minimum absolute atomic E-state index is 0.312. The quantitative estimate of drug-likeness (QED) is 0.695. The van der Waals surface area contributed by atoms with Gasteiger partial charge in [0.25, 0.3) is 0 Å². The van der Waals surface area contributed by atoms with Crippen LogP contribution in [-0.4, -0.2) is 15.1 Å². The normalized spacial score (nSPS) is 10.2. The van der Waals surface area contributed by atoms with Crippen LogP contribution in [0, 0.1) is 6.92 Å². The fourth-order valence-electron chi connectivity index (χ4n) is 1.19. The molecule has 1 aromatic carbocycles. The zero-order chi connectivity index (χ0) is 9.26. The van der Waals surface area contributed by atoms with Crippen LogP contribution in [0.25, 0.3) is 11.3 Å². The van der Waals surface area contributed by atoms with Gasteiger partial charge in [0, 0.05) is 5.56 Å². The molecule has 0 spiro atoms. The molecule has 13 heavy (non-hydrogen) atoms. The third kappa shape index (κ3) is 1.40. The first-order valence-electron chi connectivity index (χ1n) is 4.06. The second-order valence-electron chi connectivity index (χ2n) is 2.97. The lowest BCUT2D eigenvalue weighted by molar-refractivity contribution is 0.471. The molecular formula is C10H10N2O. The summed E-state index contributed by atoms with van der Waals surface area (Å²) in [5, 5.41) is 9.46. The molecular weight excluding hydrogens is 164 g/mol. The summed E-state index contributed by atoms with van der Waals surface area (Å²) in [5.41, 5.74) is 2.74. The van der Waals surface area contributed by atoms with Crippen molar-refractivity contribution in [3.63, 3.8) is 0 Å². The highest BCUT2D eigenvalue weighted by Gasteiger charge is 2.01. The highest BCUT2D eigenvalue weighted by molar-refractivity contribution is 5.61. The monoisotopic (exact) mass is 174 g/mol. The topological polar surface area (TPSA) is 48.9 Å². The lowest BCUT2D eigenvalue weighted by Crippen LogP contribution is -1.79. The van der Waals surface area contributed by atoms with Crippen molar-refractivity contribution in [2.45, 2.75) is 6.92 Å². The number of phenols is 1. The first-order valence-corrected chi connectivity index (χ1v) is 4.06. The van der Waals surface area contributed by atoms with Gasteiger partial charge in [-0.2, -0.15) is 0 Å². The largest absolute Gasteiger partial charge is 0.508 e. The van der Waals surface area contributed by atoms with Gasteiger partial charge >= 0.3 is 0 Å².